The van der Waals surface area contributed by atoms with Crippen LogP contribution in [-0.2, 0) is 14.3 Å². The van der Waals surface area contributed by atoms with E-state index in [0.29, 0.717) is 19.3 Å². The molecule has 0 aromatic heterocycles. The van der Waals surface area contributed by atoms with Gasteiger partial charge in [0.1, 0.15) is 12.1 Å². The van der Waals surface area contributed by atoms with Crippen molar-refractivity contribution in [2.24, 2.45) is 5.92 Å². The number of rotatable bonds is 7. The zero-order valence-electron chi connectivity index (χ0n) is 19.8. The Hall–Kier alpha value is -3.35. The number of carbonyl (C=O) groups is 3. The fourth-order valence-electron chi connectivity index (χ4n) is 6.18. The number of aliphatic carboxylic acids is 1. The number of carbonyl (C=O) groups excluding carboxylic acids is 2. The quantitative estimate of drug-likeness (QED) is 0.542. The predicted octanol–water partition coefficient (Wildman–Crippen LogP) is 4.60. The molecule has 3 aliphatic carbocycles. The zero-order chi connectivity index (χ0) is 24.4. The fraction of sp³-hybridized carbons (Fsp3) is 0.464. The van der Waals surface area contributed by atoms with E-state index in [4.69, 9.17) is 9.84 Å². The van der Waals surface area contributed by atoms with Crippen LogP contribution in [0.4, 0.5) is 4.79 Å². The third-order valence-electron chi connectivity index (χ3n) is 7.92. The van der Waals surface area contributed by atoms with E-state index in [-0.39, 0.29) is 36.8 Å². The van der Waals surface area contributed by atoms with Crippen molar-refractivity contribution < 1.29 is 24.2 Å². The summed E-state index contributed by atoms with van der Waals surface area (Å²) in [4.78, 5) is 37.2. The minimum Gasteiger partial charge on any atom is -0.481 e. The summed E-state index contributed by atoms with van der Waals surface area (Å²) >= 11 is 0. The van der Waals surface area contributed by atoms with Crippen molar-refractivity contribution >= 4 is 18.0 Å². The molecule has 3 aliphatic rings. The van der Waals surface area contributed by atoms with Crippen molar-refractivity contribution in [1.82, 2.24) is 10.6 Å². The number of alkyl carbamates (subject to hydrolysis) is 1. The van der Waals surface area contributed by atoms with Gasteiger partial charge >= 0.3 is 12.1 Å². The van der Waals surface area contributed by atoms with Gasteiger partial charge in [0.05, 0.1) is 0 Å². The first kappa shape index (κ1) is 23.4. The highest BCUT2D eigenvalue weighted by molar-refractivity contribution is 5.90. The molecule has 2 atom stereocenters. The molecule has 2 amide bonds. The molecule has 0 heterocycles. The first-order chi connectivity index (χ1) is 16.9. The predicted molar refractivity (Wildman–Crippen MR) is 131 cm³/mol. The molecule has 0 spiro atoms. The van der Waals surface area contributed by atoms with E-state index in [9.17, 15) is 14.4 Å². The van der Waals surface area contributed by atoms with Gasteiger partial charge < -0.3 is 20.5 Å². The van der Waals surface area contributed by atoms with E-state index >= 15 is 0 Å². The van der Waals surface area contributed by atoms with Crippen molar-refractivity contribution in [3.8, 4) is 11.1 Å². The number of hydrogen-bond acceptors (Lipinski definition) is 4. The first-order valence-electron chi connectivity index (χ1n) is 12.6. The van der Waals surface area contributed by atoms with E-state index in [1.165, 1.54) is 11.1 Å². The summed E-state index contributed by atoms with van der Waals surface area (Å²) in [6, 6.07) is 16.3. The molecule has 3 N–H and O–H groups in total. The zero-order valence-corrected chi connectivity index (χ0v) is 19.8. The van der Waals surface area contributed by atoms with Crippen LogP contribution in [0.25, 0.3) is 11.1 Å². The number of fused-ring (bicyclic) bond motifs is 3. The minimum absolute atomic E-state index is 0.0360. The standard InChI is InChI=1S/C28H32N2O5/c31-25(32)16-18-11-12-19(15-18)29-26(33)28(13-5-6-14-28)30-27(34)35-17-24-22-9-3-1-7-20(22)21-8-2-4-10-23(21)24/h1-4,7-10,18-19,24H,5-6,11-17H2,(H,29,33)(H,30,34)(H,31,32). The van der Waals surface area contributed by atoms with E-state index < -0.39 is 17.6 Å². The lowest BCUT2D eigenvalue weighted by molar-refractivity contribution is -0.138. The highest BCUT2D eigenvalue weighted by Gasteiger charge is 2.44. The highest BCUT2D eigenvalue weighted by atomic mass is 16.5. The van der Waals surface area contributed by atoms with Crippen molar-refractivity contribution in [3.05, 3.63) is 59.7 Å². The van der Waals surface area contributed by atoms with E-state index in [0.717, 1.165) is 36.8 Å². The van der Waals surface area contributed by atoms with Gasteiger partial charge in [-0.15, -0.1) is 0 Å². The Morgan fingerprint density at radius 3 is 2.20 bits per heavy atom. The molecule has 184 valence electrons. The summed E-state index contributed by atoms with van der Waals surface area (Å²) in [5.41, 5.74) is 3.66. The monoisotopic (exact) mass is 476 g/mol. The molecule has 0 aliphatic heterocycles. The van der Waals surface area contributed by atoms with Gasteiger partial charge in [-0.05, 0) is 60.3 Å². The highest BCUT2D eigenvalue weighted by Crippen LogP contribution is 2.44. The molecule has 2 unspecified atom stereocenters. The Kier molecular flexibility index (Phi) is 6.50. The van der Waals surface area contributed by atoms with Crippen LogP contribution < -0.4 is 10.6 Å². The average Bonchev–Trinajstić information content (AvgIpc) is 3.56. The maximum absolute atomic E-state index is 13.3. The molecule has 7 heteroatoms. The Morgan fingerprint density at radius 1 is 0.943 bits per heavy atom. The van der Waals surface area contributed by atoms with Gasteiger partial charge in [-0.3, -0.25) is 9.59 Å². The fourth-order valence-corrected chi connectivity index (χ4v) is 6.18. The summed E-state index contributed by atoms with van der Waals surface area (Å²) in [6.07, 6.45) is 4.68. The van der Waals surface area contributed by atoms with Gasteiger partial charge in [0.25, 0.3) is 0 Å². The number of amides is 2. The van der Waals surface area contributed by atoms with Gasteiger partial charge in [-0.25, -0.2) is 4.79 Å². The van der Waals surface area contributed by atoms with E-state index in [1.54, 1.807) is 0 Å². The molecule has 2 saturated carbocycles. The van der Waals surface area contributed by atoms with E-state index in [2.05, 4.69) is 34.9 Å². The molecule has 0 radical (unpaired) electrons. The lowest BCUT2D eigenvalue weighted by Crippen LogP contribution is -2.58. The lowest BCUT2D eigenvalue weighted by atomic mass is 9.95. The van der Waals surface area contributed by atoms with Crippen molar-refractivity contribution in [2.45, 2.75) is 68.9 Å². The maximum Gasteiger partial charge on any atom is 0.408 e. The van der Waals surface area contributed by atoms with Crippen LogP contribution in [0.2, 0.25) is 0 Å². The van der Waals surface area contributed by atoms with Gasteiger partial charge in [-0.1, -0.05) is 61.4 Å². The summed E-state index contributed by atoms with van der Waals surface area (Å²) in [5.74, 6) is -0.922. The number of benzene rings is 2. The largest absolute Gasteiger partial charge is 0.481 e. The number of carboxylic acid groups (broad SMARTS) is 1. The SMILES string of the molecule is O=C(O)CC1CCC(NC(=O)C2(NC(=O)OCC3c4ccccc4-c4ccccc43)CCCC2)C1. The summed E-state index contributed by atoms with van der Waals surface area (Å²) in [7, 11) is 0. The van der Waals surface area contributed by atoms with Gasteiger partial charge in [0.15, 0.2) is 0 Å². The molecule has 2 fully saturated rings. The van der Waals surface area contributed by atoms with Gasteiger partial charge in [0.2, 0.25) is 5.91 Å². The molecule has 0 bridgehead atoms. The summed E-state index contributed by atoms with van der Waals surface area (Å²) in [5, 5.41) is 15.0. The number of nitrogens with one attached hydrogen (secondary N) is 2. The molecule has 35 heavy (non-hydrogen) atoms. The van der Waals surface area contributed by atoms with Crippen LogP contribution in [0.15, 0.2) is 48.5 Å². The molecule has 2 aromatic carbocycles. The minimum atomic E-state index is -0.965. The normalized spacial score (nSPS) is 22.3. The first-order valence-corrected chi connectivity index (χ1v) is 12.6. The average molecular weight is 477 g/mol. The molecule has 0 saturated heterocycles. The Balaban J connectivity index is 1.21. The lowest BCUT2D eigenvalue weighted by Gasteiger charge is -2.30. The van der Waals surface area contributed by atoms with Crippen molar-refractivity contribution in [1.29, 1.82) is 0 Å². The topological polar surface area (TPSA) is 105 Å². The molecule has 2 aromatic rings. The summed E-state index contributed by atoms with van der Waals surface area (Å²) in [6.45, 7) is 0.205. The molecular weight excluding hydrogens is 444 g/mol. The van der Waals surface area contributed by atoms with Crippen LogP contribution in [0.3, 0.4) is 0 Å². The third kappa shape index (κ3) is 4.77. The second-order valence-corrected chi connectivity index (χ2v) is 10.2. The third-order valence-corrected chi connectivity index (χ3v) is 7.92. The number of hydrogen-bond donors (Lipinski definition) is 3. The Morgan fingerprint density at radius 2 is 1.57 bits per heavy atom. The smallest absolute Gasteiger partial charge is 0.408 e. The van der Waals surface area contributed by atoms with Gasteiger partial charge in [-0.2, -0.15) is 0 Å². The van der Waals surface area contributed by atoms with E-state index in [1.807, 2.05) is 24.3 Å². The second kappa shape index (κ2) is 9.72. The number of ether oxygens (including phenoxy) is 1. The maximum atomic E-state index is 13.3. The number of carboxylic acids is 1. The van der Waals surface area contributed by atoms with Crippen molar-refractivity contribution in [2.75, 3.05) is 6.61 Å². The molecular formula is C28H32N2O5. The van der Waals surface area contributed by atoms with Crippen LogP contribution in [0.5, 0.6) is 0 Å². The molecule has 7 nitrogen and oxygen atoms in total. The van der Waals surface area contributed by atoms with Crippen LogP contribution in [-0.4, -0.2) is 41.3 Å². The Labute approximate surface area is 205 Å². The van der Waals surface area contributed by atoms with Crippen LogP contribution in [0, 0.1) is 5.92 Å². The molecule has 5 rings (SSSR count). The second-order valence-electron chi connectivity index (χ2n) is 10.2. The van der Waals surface area contributed by atoms with Crippen LogP contribution in [0.1, 0.15) is 68.4 Å². The van der Waals surface area contributed by atoms with Crippen LogP contribution >= 0.6 is 0 Å². The van der Waals surface area contributed by atoms with Crippen molar-refractivity contribution in [3.63, 3.8) is 0 Å². The summed E-state index contributed by atoms with van der Waals surface area (Å²) < 4.78 is 5.71. The van der Waals surface area contributed by atoms with Gasteiger partial charge in [0, 0.05) is 18.4 Å². The Bertz CT molecular complexity index is 1080.